The first kappa shape index (κ1) is 21.5. The highest BCUT2D eigenvalue weighted by Crippen LogP contribution is 2.38. The standard InChI is InChI=1S/C23H25FN2O4S/c1-15-3-6-19(7-4-15)31(29,30)25-11-9-17(10-12-25)23-16(2)26(14-22(27)28)21-8-5-18(24)13-20(21)23/h3-8,13,17H,9-12,14H2,1-2H3,(H,27,28). The van der Waals surface area contributed by atoms with Crippen LogP contribution in [0.5, 0.6) is 0 Å². The van der Waals surface area contributed by atoms with Gasteiger partial charge in [0.1, 0.15) is 12.4 Å². The fourth-order valence-corrected chi connectivity index (χ4v) is 6.05. The summed E-state index contributed by atoms with van der Waals surface area (Å²) in [4.78, 5) is 11.6. The van der Waals surface area contributed by atoms with Gasteiger partial charge in [0, 0.05) is 29.7 Å². The zero-order chi connectivity index (χ0) is 22.3. The number of nitrogens with zero attached hydrogens (tertiary/aromatic N) is 2. The summed E-state index contributed by atoms with van der Waals surface area (Å²) < 4.78 is 43.2. The Kier molecular flexibility index (Phi) is 5.61. The molecule has 0 spiro atoms. The van der Waals surface area contributed by atoms with Crippen LogP contribution in [0.3, 0.4) is 0 Å². The van der Waals surface area contributed by atoms with E-state index in [1.807, 2.05) is 13.8 Å². The summed E-state index contributed by atoms with van der Waals surface area (Å²) in [6, 6.07) is 11.2. The highest BCUT2D eigenvalue weighted by molar-refractivity contribution is 7.89. The first-order valence-electron chi connectivity index (χ1n) is 10.3. The minimum Gasteiger partial charge on any atom is -0.480 e. The number of carbonyl (C=O) groups is 1. The molecule has 1 aromatic heterocycles. The molecule has 2 aromatic carbocycles. The maximum absolute atomic E-state index is 14.0. The van der Waals surface area contributed by atoms with Gasteiger partial charge in [-0.1, -0.05) is 17.7 Å². The minimum absolute atomic E-state index is 0.0313. The fraction of sp³-hybridized carbons (Fsp3) is 0.348. The van der Waals surface area contributed by atoms with Gasteiger partial charge in [-0.2, -0.15) is 4.31 Å². The van der Waals surface area contributed by atoms with Gasteiger partial charge in [-0.05, 0) is 68.5 Å². The Bertz CT molecular complexity index is 1240. The Morgan fingerprint density at radius 1 is 1.10 bits per heavy atom. The quantitative estimate of drug-likeness (QED) is 0.644. The number of hydrogen-bond donors (Lipinski definition) is 1. The molecule has 0 aliphatic carbocycles. The summed E-state index contributed by atoms with van der Waals surface area (Å²) in [5, 5.41) is 10.0. The first-order chi connectivity index (χ1) is 14.7. The molecule has 1 aliphatic rings. The van der Waals surface area contributed by atoms with E-state index in [2.05, 4.69) is 0 Å². The number of hydrogen-bond acceptors (Lipinski definition) is 3. The van der Waals surface area contributed by atoms with Gasteiger partial charge in [0.15, 0.2) is 0 Å². The number of aliphatic carboxylic acids is 1. The van der Waals surface area contributed by atoms with Gasteiger partial charge in [-0.15, -0.1) is 0 Å². The molecule has 0 unspecified atom stereocenters. The average Bonchev–Trinajstić information content (AvgIpc) is 2.98. The van der Waals surface area contributed by atoms with Crippen LogP contribution in [0.25, 0.3) is 10.9 Å². The maximum Gasteiger partial charge on any atom is 0.323 e. The van der Waals surface area contributed by atoms with Crippen LogP contribution in [0.15, 0.2) is 47.4 Å². The van der Waals surface area contributed by atoms with Crippen molar-refractivity contribution in [1.82, 2.24) is 8.87 Å². The minimum atomic E-state index is -3.56. The molecule has 2 heterocycles. The van der Waals surface area contributed by atoms with Gasteiger partial charge >= 0.3 is 5.97 Å². The van der Waals surface area contributed by atoms with Crippen molar-refractivity contribution in [2.45, 2.75) is 44.0 Å². The van der Waals surface area contributed by atoms with E-state index >= 15 is 0 Å². The van der Waals surface area contributed by atoms with Crippen LogP contribution in [0, 0.1) is 19.7 Å². The summed E-state index contributed by atoms with van der Waals surface area (Å²) in [5.74, 6) is -1.31. The van der Waals surface area contributed by atoms with Crippen molar-refractivity contribution in [3.05, 3.63) is 65.1 Å². The highest BCUT2D eigenvalue weighted by Gasteiger charge is 2.32. The van der Waals surface area contributed by atoms with Crippen LogP contribution in [0.4, 0.5) is 4.39 Å². The molecule has 0 saturated carbocycles. The molecule has 31 heavy (non-hydrogen) atoms. The molecule has 6 nitrogen and oxygen atoms in total. The van der Waals surface area contributed by atoms with Crippen molar-refractivity contribution in [3.8, 4) is 0 Å². The molecule has 4 rings (SSSR count). The number of aryl methyl sites for hydroxylation is 1. The number of benzene rings is 2. The number of piperidine rings is 1. The Morgan fingerprint density at radius 2 is 1.74 bits per heavy atom. The van der Waals surface area contributed by atoms with Crippen molar-refractivity contribution in [1.29, 1.82) is 0 Å². The van der Waals surface area contributed by atoms with Crippen LogP contribution >= 0.6 is 0 Å². The summed E-state index contributed by atoms with van der Waals surface area (Å²) in [5.41, 5.74) is 3.40. The van der Waals surface area contributed by atoms with Gasteiger partial charge in [-0.3, -0.25) is 4.79 Å². The van der Waals surface area contributed by atoms with Crippen molar-refractivity contribution >= 4 is 26.9 Å². The van der Waals surface area contributed by atoms with Crippen LogP contribution in [0.2, 0.25) is 0 Å². The van der Waals surface area contributed by atoms with Crippen molar-refractivity contribution in [2.24, 2.45) is 0 Å². The number of halogens is 1. The largest absolute Gasteiger partial charge is 0.480 e. The topological polar surface area (TPSA) is 79.6 Å². The Hall–Kier alpha value is -2.71. The Labute approximate surface area is 181 Å². The number of aromatic nitrogens is 1. The van der Waals surface area contributed by atoms with E-state index in [1.165, 1.54) is 16.4 Å². The number of fused-ring (bicyclic) bond motifs is 1. The van der Waals surface area contributed by atoms with E-state index in [4.69, 9.17) is 0 Å². The van der Waals surface area contributed by atoms with Gasteiger partial charge < -0.3 is 9.67 Å². The lowest BCUT2D eigenvalue weighted by atomic mass is 9.88. The second-order valence-corrected chi connectivity index (χ2v) is 10.1. The van der Waals surface area contributed by atoms with Gasteiger partial charge in [0.2, 0.25) is 10.0 Å². The zero-order valence-corrected chi connectivity index (χ0v) is 18.3. The number of sulfonamides is 1. The van der Waals surface area contributed by atoms with Crippen molar-refractivity contribution in [3.63, 3.8) is 0 Å². The van der Waals surface area contributed by atoms with Crippen LogP contribution in [0.1, 0.15) is 35.6 Å². The predicted molar refractivity (Wildman–Crippen MR) is 116 cm³/mol. The lowest BCUT2D eigenvalue weighted by Gasteiger charge is -2.31. The molecule has 0 radical (unpaired) electrons. The lowest BCUT2D eigenvalue weighted by molar-refractivity contribution is -0.137. The molecular weight excluding hydrogens is 419 g/mol. The third-order valence-corrected chi connectivity index (χ3v) is 8.06. The summed E-state index contributed by atoms with van der Waals surface area (Å²) in [6.07, 6.45) is 1.18. The van der Waals surface area contributed by atoms with E-state index in [9.17, 15) is 22.7 Å². The van der Waals surface area contributed by atoms with Crippen molar-refractivity contribution < 1.29 is 22.7 Å². The van der Waals surface area contributed by atoms with Gasteiger partial charge in [0.25, 0.3) is 0 Å². The number of rotatable bonds is 5. The average molecular weight is 445 g/mol. The Morgan fingerprint density at radius 3 is 2.35 bits per heavy atom. The number of carboxylic acid groups (broad SMARTS) is 1. The Balaban J connectivity index is 1.63. The first-order valence-corrected chi connectivity index (χ1v) is 11.7. The zero-order valence-electron chi connectivity index (χ0n) is 17.5. The van der Waals surface area contributed by atoms with Crippen molar-refractivity contribution in [2.75, 3.05) is 13.1 Å². The molecule has 0 amide bonds. The lowest BCUT2D eigenvalue weighted by Crippen LogP contribution is -2.38. The molecule has 1 saturated heterocycles. The fourth-order valence-electron chi connectivity index (χ4n) is 4.58. The summed E-state index contributed by atoms with van der Waals surface area (Å²) in [6.45, 7) is 4.29. The normalized spacial score (nSPS) is 16.1. The van der Waals surface area contributed by atoms with Crippen LogP contribution in [-0.2, 0) is 21.4 Å². The third kappa shape index (κ3) is 3.97. The highest BCUT2D eigenvalue weighted by atomic mass is 32.2. The van der Waals surface area contributed by atoms with E-state index in [1.54, 1.807) is 34.9 Å². The maximum atomic E-state index is 14.0. The summed E-state index contributed by atoms with van der Waals surface area (Å²) >= 11 is 0. The molecule has 0 bridgehead atoms. The molecule has 0 atom stereocenters. The van der Waals surface area contributed by atoms with Gasteiger partial charge in [-0.25, -0.2) is 12.8 Å². The van der Waals surface area contributed by atoms with E-state index in [-0.39, 0.29) is 23.2 Å². The predicted octanol–water partition coefficient (Wildman–Crippen LogP) is 4.05. The molecule has 1 N–H and O–H groups in total. The molecule has 1 aliphatic heterocycles. The second-order valence-electron chi connectivity index (χ2n) is 8.13. The van der Waals surface area contributed by atoms with E-state index in [0.29, 0.717) is 36.8 Å². The molecule has 164 valence electrons. The number of carboxylic acids is 1. The molecular formula is C23H25FN2O4S. The monoisotopic (exact) mass is 444 g/mol. The summed E-state index contributed by atoms with van der Waals surface area (Å²) in [7, 11) is -3.56. The van der Waals surface area contributed by atoms with E-state index in [0.717, 1.165) is 16.8 Å². The molecule has 8 heteroatoms. The second kappa shape index (κ2) is 8.09. The molecule has 1 fully saturated rings. The third-order valence-electron chi connectivity index (χ3n) is 6.15. The smallest absolute Gasteiger partial charge is 0.323 e. The SMILES string of the molecule is Cc1ccc(S(=O)(=O)N2CCC(c3c(C)n(CC(=O)O)c4ccc(F)cc34)CC2)cc1. The van der Waals surface area contributed by atoms with E-state index < -0.39 is 16.0 Å². The molecule has 3 aromatic rings. The van der Waals surface area contributed by atoms with Crippen LogP contribution < -0.4 is 0 Å². The van der Waals surface area contributed by atoms with Crippen LogP contribution in [-0.4, -0.2) is 41.5 Å². The van der Waals surface area contributed by atoms with Gasteiger partial charge in [0.05, 0.1) is 4.90 Å².